The van der Waals surface area contributed by atoms with E-state index in [-0.39, 0.29) is 42.4 Å². The van der Waals surface area contributed by atoms with Gasteiger partial charge >= 0.3 is 0 Å². The number of nitrogens with one attached hydrogen (secondary N) is 2. The van der Waals surface area contributed by atoms with Crippen molar-refractivity contribution in [2.45, 2.75) is 12.5 Å². The molecule has 1 aliphatic rings. The summed E-state index contributed by atoms with van der Waals surface area (Å²) in [6.45, 7) is 1.44. The van der Waals surface area contributed by atoms with E-state index in [0.717, 1.165) is 24.1 Å². The van der Waals surface area contributed by atoms with Crippen molar-refractivity contribution in [3.8, 4) is 11.5 Å². The summed E-state index contributed by atoms with van der Waals surface area (Å²) >= 11 is 0. The first-order valence-electron chi connectivity index (χ1n) is 6.53. The van der Waals surface area contributed by atoms with Crippen molar-refractivity contribution < 1.29 is 10.2 Å². The molecule has 2 aromatic rings. The summed E-state index contributed by atoms with van der Waals surface area (Å²) in [7, 11) is 0. The van der Waals surface area contributed by atoms with Gasteiger partial charge in [0, 0.05) is 18.9 Å². The van der Waals surface area contributed by atoms with E-state index in [0.29, 0.717) is 12.5 Å². The monoisotopic (exact) mass is 344 g/mol. The summed E-state index contributed by atoms with van der Waals surface area (Å²) in [6.07, 6.45) is 4.20. The molecular weight excluding hydrogens is 327 g/mol. The molecule has 1 atom stereocenters. The van der Waals surface area contributed by atoms with Gasteiger partial charge in [-0.1, -0.05) is 0 Å². The van der Waals surface area contributed by atoms with E-state index in [1.165, 1.54) is 0 Å². The number of hydrogen-bond donors (Lipinski definition) is 4. The summed E-state index contributed by atoms with van der Waals surface area (Å²) < 4.78 is 0. The van der Waals surface area contributed by atoms with Gasteiger partial charge in [-0.25, -0.2) is 9.97 Å². The maximum Gasteiger partial charge on any atom is 0.222 e. The molecule has 6 nitrogen and oxygen atoms in total. The highest BCUT2D eigenvalue weighted by Gasteiger charge is 2.21. The molecule has 3 rings (SSSR count). The molecule has 0 bridgehead atoms. The van der Waals surface area contributed by atoms with Crippen LogP contribution in [0.25, 0.3) is 0 Å². The number of benzene rings is 1. The number of fused-ring (bicyclic) bond motifs is 1. The predicted octanol–water partition coefficient (Wildman–Crippen LogP) is 2.03. The zero-order chi connectivity index (χ0) is 13.9. The Morgan fingerprint density at radius 1 is 1.14 bits per heavy atom. The third kappa shape index (κ3) is 3.91. The molecule has 0 radical (unpaired) electrons. The van der Waals surface area contributed by atoms with Gasteiger partial charge in [0.05, 0.1) is 6.04 Å². The minimum atomic E-state index is -0.0894. The molecule has 0 spiro atoms. The number of nitrogens with zero attached hydrogens (tertiary/aromatic N) is 2. The number of phenols is 2. The van der Waals surface area contributed by atoms with Gasteiger partial charge in [0.25, 0.3) is 0 Å². The Morgan fingerprint density at radius 3 is 2.55 bits per heavy atom. The molecule has 1 unspecified atom stereocenters. The van der Waals surface area contributed by atoms with Crippen LogP contribution in [0.4, 0.5) is 5.95 Å². The average molecular weight is 345 g/mol. The van der Waals surface area contributed by atoms with Gasteiger partial charge in [-0.15, -0.1) is 24.8 Å². The Hall–Kier alpha value is -1.76. The molecule has 0 saturated heterocycles. The normalized spacial score (nSPS) is 15.9. The van der Waals surface area contributed by atoms with Crippen molar-refractivity contribution in [2.24, 2.45) is 0 Å². The van der Waals surface area contributed by atoms with Crippen LogP contribution in [-0.2, 0) is 6.42 Å². The molecule has 0 saturated carbocycles. The van der Waals surface area contributed by atoms with Gasteiger partial charge in [-0.05, 0) is 42.3 Å². The molecule has 1 aromatic heterocycles. The van der Waals surface area contributed by atoms with Crippen LogP contribution < -0.4 is 10.6 Å². The van der Waals surface area contributed by atoms with E-state index in [4.69, 9.17) is 0 Å². The first-order valence-corrected chi connectivity index (χ1v) is 6.53. The van der Waals surface area contributed by atoms with Crippen LogP contribution in [0.15, 0.2) is 30.6 Å². The second-order valence-electron chi connectivity index (χ2n) is 4.75. The minimum Gasteiger partial charge on any atom is -0.504 e. The molecule has 0 fully saturated rings. The predicted molar refractivity (Wildman–Crippen MR) is 89.2 cm³/mol. The lowest BCUT2D eigenvalue weighted by molar-refractivity contribution is 0.399. The van der Waals surface area contributed by atoms with Gasteiger partial charge in [0.15, 0.2) is 11.5 Å². The van der Waals surface area contributed by atoms with Crippen molar-refractivity contribution in [2.75, 3.05) is 18.4 Å². The van der Waals surface area contributed by atoms with Crippen molar-refractivity contribution in [3.63, 3.8) is 0 Å². The first kappa shape index (κ1) is 18.3. The smallest absolute Gasteiger partial charge is 0.222 e. The zero-order valence-corrected chi connectivity index (χ0v) is 13.3. The third-order valence-corrected chi connectivity index (χ3v) is 3.43. The van der Waals surface area contributed by atoms with E-state index < -0.39 is 0 Å². The topological polar surface area (TPSA) is 90.3 Å². The van der Waals surface area contributed by atoms with Gasteiger partial charge < -0.3 is 20.8 Å². The standard InChI is InChI=1S/C14H16N4O2.2ClH/c19-12-6-9-2-5-15-11(10(9)7-13(12)20)8-18-14-16-3-1-4-17-14;;/h1,3-4,6-7,11,15,19-20H,2,5,8H2,(H,16,17,18);2*1H. The lowest BCUT2D eigenvalue weighted by atomic mass is 9.93. The maximum absolute atomic E-state index is 9.66. The molecule has 22 heavy (non-hydrogen) atoms. The molecule has 120 valence electrons. The first-order chi connectivity index (χ1) is 9.74. The lowest BCUT2D eigenvalue weighted by Crippen LogP contribution is -2.34. The number of aromatic nitrogens is 2. The second kappa shape index (κ2) is 8.03. The molecule has 0 amide bonds. The summed E-state index contributed by atoms with van der Waals surface area (Å²) in [5.74, 6) is 0.418. The molecular formula is C14H18Cl2N4O2. The van der Waals surface area contributed by atoms with E-state index in [1.54, 1.807) is 30.6 Å². The van der Waals surface area contributed by atoms with E-state index in [9.17, 15) is 10.2 Å². The highest BCUT2D eigenvalue weighted by molar-refractivity contribution is 5.85. The third-order valence-electron chi connectivity index (χ3n) is 3.43. The Balaban J connectivity index is 0.00000121. The van der Waals surface area contributed by atoms with E-state index in [1.807, 2.05) is 0 Å². The van der Waals surface area contributed by atoms with Crippen LogP contribution in [0.1, 0.15) is 17.2 Å². The molecule has 1 aromatic carbocycles. The summed E-state index contributed by atoms with van der Waals surface area (Å²) in [6, 6.07) is 5.07. The fourth-order valence-corrected chi connectivity index (χ4v) is 2.43. The zero-order valence-electron chi connectivity index (χ0n) is 11.7. The molecule has 4 N–H and O–H groups in total. The fraction of sp³-hybridized carbons (Fsp3) is 0.286. The highest BCUT2D eigenvalue weighted by atomic mass is 35.5. The highest BCUT2D eigenvalue weighted by Crippen LogP contribution is 2.33. The molecule has 8 heteroatoms. The second-order valence-corrected chi connectivity index (χ2v) is 4.75. The number of aromatic hydroxyl groups is 2. The van der Waals surface area contributed by atoms with Crippen molar-refractivity contribution in [1.29, 1.82) is 0 Å². The van der Waals surface area contributed by atoms with Crippen LogP contribution in [0.2, 0.25) is 0 Å². The van der Waals surface area contributed by atoms with Crippen LogP contribution in [0.3, 0.4) is 0 Å². The minimum absolute atomic E-state index is 0. The Kier molecular flexibility index (Phi) is 6.67. The number of phenolic OH excluding ortho intramolecular Hbond substituents is 2. The van der Waals surface area contributed by atoms with Crippen LogP contribution in [0, 0.1) is 0 Å². The maximum atomic E-state index is 9.66. The number of rotatable bonds is 3. The number of halogens is 2. The molecule has 0 aliphatic carbocycles. The molecule has 1 aliphatic heterocycles. The largest absolute Gasteiger partial charge is 0.504 e. The van der Waals surface area contributed by atoms with Crippen molar-refractivity contribution >= 4 is 30.8 Å². The SMILES string of the molecule is Cl.Cl.Oc1cc2c(cc1O)C(CNc1ncccn1)NCC2. The van der Waals surface area contributed by atoms with Gasteiger partial charge in [-0.3, -0.25) is 0 Å². The summed E-state index contributed by atoms with van der Waals surface area (Å²) in [5.41, 5.74) is 2.05. The Morgan fingerprint density at radius 2 is 1.82 bits per heavy atom. The van der Waals surface area contributed by atoms with Crippen LogP contribution >= 0.6 is 24.8 Å². The van der Waals surface area contributed by atoms with Gasteiger partial charge in [0.2, 0.25) is 5.95 Å². The van der Waals surface area contributed by atoms with Crippen LogP contribution in [0.5, 0.6) is 11.5 Å². The van der Waals surface area contributed by atoms with Crippen molar-refractivity contribution in [3.05, 3.63) is 41.7 Å². The fourth-order valence-electron chi connectivity index (χ4n) is 2.43. The van der Waals surface area contributed by atoms with E-state index >= 15 is 0 Å². The lowest BCUT2D eigenvalue weighted by Gasteiger charge is -2.27. The quantitative estimate of drug-likeness (QED) is 0.637. The van der Waals surface area contributed by atoms with Crippen LogP contribution in [-0.4, -0.2) is 33.3 Å². The Labute approximate surface area is 140 Å². The van der Waals surface area contributed by atoms with Crippen molar-refractivity contribution in [1.82, 2.24) is 15.3 Å². The summed E-state index contributed by atoms with van der Waals surface area (Å²) in [5, 5.41) is 25.8. The Bertz CT molecular complexity index is 613. The average Bonchev–Trinajstić information content (AvgIpc) is 2.47. The van der Waals surface area contributed by atoms with Gasteiger partial charge in [-0.2, -0.15) is 0 Å². The molecule has 2 heterocycles. The summed E-state index contributed by atoms with van der Waals surface area (Å²) in [4.78, 5) is 8.22. The number of hydrogen-bond acceptors (Lipinski definition) is 6. The van der Waals surface area contributed by atoms with Gasteiger partial charge in [0.1, 0.15) is 0 Å². The number of anilines is 1. The van der Waals surface area contributed by atoms with E-state index in [2.05, 4.69) is 20.6 Å².